The van der Waals surface area contributed by atoms with Gasteiger partial charge in [-0.15, -0.1) is 4.52 Å². The predicted molar refractivity (Wildman–Crippen MR) is 76.6 cm³/mol. The van der Waals surface area contributed by atoms with E-state index in [1.54, 1.807) is 13.2 Å². The molecule has 6 heteroatoms. The van der Waals surface area contributed by atoms with E-state index in [-0.39, 0.29) is 0 Å². The van der Waals surface area contributed by atoms with Crippen molar-refractivity contribution in [2.45, 2.75) is 0 Å². The summed E-state index contributed by atoms with van der Waals surface area (Å²) in [5, 5.41) is 1.80. The molecule has 0 saturated carbocycles. The highest BCUT2D eigenvalue weighted by molar-refractivity contribution is 7.33. The van der Waals surface area contributed by atoms with Gasteiger partial charge in [0.05, 0.1) is 13.7 Å². The summed E-state index contributed by atoms with van der Waals surface area (Å²) in [5.41, 5.74) is 0. The second-order valence-corrected chi connectivity index (χ2v) is 4.95. The molecule has 0 spiro atoms. The predicted octanol–water partition coefficient (Wildman–Crippen LogP) is 3.55. The quantitative estimate of drug-likeness (QED) is 0.577. The van der Waals surface area contributed by atoms with Crippen molar-refractivity contribution in [1.29, 1.82) is 0 Å². The molecule has 0 aliphatic carbocycles. The molecule has 0 heterocycles. The van der Waals surface area contributed by atoms with Gasteiger partial charge in [-0.2, -0.15) is 0 Å². The summed E-state index contributed by atoms with van der Waals surface area (Å²) in [6.45, 7) is 0.845. The third-order valence-corrected chi connectivity index (χ3v) is 3.33. The summed E-state index contributed by atoms with van der Waals surface area (Å²) in [7, 11) is 0.705. The Morgan fingerprint density at radius 1 is 1.05 bits per heavy atom. The molecule has 0 aliphatic rings. The maximum absolute atomic E-state index is 11.5. The Kier molecular flexibility index (Phi) is 5.30. The van der Waals surface area contributed by atoms with E-state index in [4.69, 9.17) is 18.5 Å². The second-order valence-electron chi connectivity index (χ2n) is 3.95. The molecule has 0 saturated heterocycles. The standard InChI is InChI=1S/C14H16O5P/c1-16-9-10-18-13-8-7-11-5-3-4-6-12(11)14(13)19-20(15)17-2/h3-8H,9-10H2,1-2H3/q+1. The first-order chi connectivity index (χ1) is 9.76. The van der Waals surface area contributed by atoms with Gasteiger partial charge in [0.1, 0.15) is 6.61 Å². The SMILES string of the molecule is COCCOc1ccc2ccccc2c1O[P+](=O)OC. The molecule has 0 radical (unpaired) electrons. The van der Waals surface area contributed by atoms with Crippen LogP contribution >= 0.6 is 8.25 Å². The maximum Gasteiger partial charge on any atom is 0.750 e. The Hall–Kier alpha value is -1.68. The highest BCUT2D eigenvalue weighted by atomic mass is 31.1. The summed E-state index contributed by atoms with van der Waals surface area (Å²) >= 11 is 0. The molecule has 1 atom stereocenters. The van der Waals surface area contributed by atoms with Crippen molar-refractivity contribution in [3.05, 3.63) is 36.4 Å². The fourth-order valence-electron chi connectivity index (χ4n) is 1.78. The van der Waals surface area contributed by atoms with E-state index in [0.717, 1.165) is 10.8 Å². The maximum atomic E-state index is 11.5. The highest BCUT2D eigenvalue weighted by Gasteiger charge is 2.24. The summed E-state index contributed by atoms with van der Waals surface area (Å²) in [6, 6.07) is 11.3. The van der Waals surface area contributed by atoms with Crippen LogP contribution in [0.25, 0.3) is 10.8 Å². The molecule has 106 valence electrons. The lowest BCUT2D eigenvalue weighted by molar-refractivity contribution is 0.145. The van der Waals surface area contributed by atoms with Crippen LogP contribution in [0.2, 0.25) is 0 Å². The van der Waals surface area contributed by atoms with Gasteiger partial charge in [-0.05, 0) is 11.5 Å². The fourth-order valence-corrected chi connectivity index (χ4v) is 2.19. The van der Waals surface area contributed by atoms with Crippen molar-refractivity contribution in [1.82, 2.24) is 0 Å². The van der Waals surface area contributed by atoms with Crippen molar-refractivity contribution >= 4 is 19.0 Å². The molecule has 0 N–H and O–H groups in total. The lowest BCUT2D eigenvalue weighted by Gasteiger charge is -2.09. The summed E-state index contributed by atoms with van der Waals surface area (Å²) < 4.78 is 32.1. The summed E-state index contributed by atoms with van der Waals surface area (Å²) in [6.07, 6.45) is 0. The molecule has 2 rings (SSSR count). The number of benzene rings is 2. The lowest BCUT2D eigenvalue weighted by atomic mass is 10.1. The van der Waals surface area contributed by atoms with Crippen LogP contribution in [0.3, 0.4) is 0 Å². The molecule has 2 aromatic rings. The first-order valence-electron chi connectivity index (χ1n) is 6.09. The average molecular weight is 295 g/mol. The first-order valence-corrected chi connectivity index (χ1v) is 7.18. The third-order valence-electron chi connectivity index (χ3n) is 2.70. The van der Waals surface area contributed by atoms with Gasteiger partial charge in [-0.3, -0.25) is 0 Å². The Bertz CT molecular complexity index is 599. The second kappa shape index (κ2) is 7.20. The van der Waals surface area contributed by atoms with Crippen molar-refractivity contribution in [2.24, 2.45) is 0 Å². The van der Waals surface area contributed by atoms with E-state index in [9.17, 15) is 4.57 Å². The Balaban J connectivity index is 2.39. The van der Waals surface area contributed by atoms with Crippen LogP contribution in [-0.4, -0.2) is 27.4 Å². The van der Waals surface area contributed by atoms with Gasteiger partial charge in [-0.1, -0.05) is 30.3 Å². The van der Waals surface area contributed by atoms with Gasteiger partial charge >= 0.3 is 8.25 Å². The van der Waals surface area contributed by atoms with E-state index < -0.39 is 8.25 Å². The molecular formula is C14H16O5P+. The number of hydrogen-bond donors (Lipinski definition) is 0. The Morgan fingerprint density at radius 3 is 2.60 bits per heavy atom. The van der Waals surface area contributed by atoms with E-state index >= 15 is 0 Å². The van der Waals surface area contributed by atoms with Gasteiger partial charge < -0.3 is 9.47 Å². The fraction of sp³-hybridized carbons (Fsp3) is 0.286. The van der Waals surface area contributed by atoms with Gasteiger partial charge in [0.15, 0.2) is 5.75 Å². The van der Waals surface area contributed by atoms with E-state index in [1.807, 2.05) is 30.3 Å². The molecule has 5 nitrogen and oxygen atoms in total. The van der Waals surface area contributed by atoms with Gasteiger partial charge in [0.25, 0.3) is 0 Å². The number of ether oxygens (including phenoxy) is 2. The van der Waals surface area contributed by atoms with Crippen LogP contribution < -0.4 is 9.26 Å². The lowest BCUT2D eigenvalue weighted by Crippen LogP contribution is -2.05. The zero-order chi connectivity index (χ0) is 14.4. The Morgan fingerprint density at radius 2 is 1.85 bits per heavy atom. The van der Waals surface area contributed by atoms with Crippen LogP contribution in [-0.2, 0) is 13.8 Å². The third kappa shape index (κ3) is 3.45. The van der Waals surface area contributed by atoms with Crippen LogP contribution in [0.15, 0.2) is 36.4 Å². The molecule has 0 aliphatic heterocycles. The van der Waals surface area contributed by atoms with Gasteiger partial charge in [0, 0.05) is 17.1 Å². The summed E-state index contributed by atoms with van der Waals surface area (Å²) in [5.74, 6) is 0.934. The van der Waals surface area contributed by atoms with Crippen molar-refractivity contribution in [3.8, 4) is 11.5 Å². The van der Waals surface area contributed by atoms with Crippen LogP contribution in [0, 0.1) is 0 Å². The minimum Gasteiger partial charge on any atom is -0.487 e. The smallest absolute Gasteiger partial charge is 0.487 e. The molecular weight excluding hydrogens is 279 g/mol. The number of fused-ring (bicyclic) bond motifs is 1. The number of rotatable bonds is 7. The van der Waals surface area contributed by atoms with Crippen LogP contribution in [0.1, 0.15) is 0 Å². The molecule has 2 aromatic carbocycles. The molecule has 0 bridgehead atoms. The van der Waals surface area contributed by atoms with Gasteiger partial charge in [-0.25, -0.2) is 4.52 Å². The molecule has 0 amide bonds. The monoisotopic (exact) mass is 295 g/mol. The van der Waals surface area contributed by atoms with Crippen molar-refractivity contribution in [3.63, 3.8) is 0 Å². The van der Waals surface area contributed by atoms with E-state index in [1.165, 1.54) is 7.11 Å². The minimum atomic E-state index is -2.22. The molecule has 0 fully saturated rings. The van der Waals surface area contributed by atoms with Crippen molar-refractivity contribution in [2.75, 3.05) is 27.4 Å². The van der Waals surface area contributed by atoms with Crippen molar-refractivity contribution < 1.29 is 23.1 Å². The zero-order valence-corrected chi connectivity index (χ0v) is 12.3. The van der Waals surface area contributed by atoms with E-state index in [2.05, 4.69) is 0 Å². The number of hydrogen-bond acceptors (Lipinski definition) is 5. The van der Waals surface area contributed by atoms with Crippen LogP contribution in [0.5, 0.6) is 11.5 Å². The van der Waals surface area contributed by atoms with Gasteiger partial charge in [0.2, 0.25) is 5.75 Å². The van der Waals surface area contributed by atoms with Crippen LogP contribution in [0.4, 0.5) is 0 Å². The Labute approximate surface area is 118 Å². The highest BCUT2D eigenvalue weighted by Crippen LogP contribution is 2.40. The normalized spacial score (nSPS) is 11.4. The summed E-state index contributed by atoms with van der Waals surface area (Å²) in [4.78, 5) is 0. The minimum absolute atomic E-state index is 0.384. The molecule has 20 heavy (non-hydrogen) atoms. The molecule has 0 aromatic heterocycles. The molecule has 1 unspecified atom stereocenters. The first kappa shape index (κ1) is 14.7. The topological polar surface area (TPSA) is 54.0 Å². The largest absolute Gasteiger partial charge is 0.750 e. The number of methoxy groups -OCH3 is 1. The average Bonchev–Trinajstić information content (AvgIpc) is 2.49. The van der Waals surface area contributed by atoms with E-state index in [0.29, 0.717) is 24.7 Å². The zero-order valence-electron chi connectivity index (χ0n) is 11.4.